The van der Waals surface area contributed by atoms with Crippen LogP contribution in [0, 0.1) is 0 Å². The highest BCUT2D eigenvalue weighted by atomic mass is 16.3. The Morgan fingerprint density at radius 1 is 1.37 bits per heavy atom. The summed E-state index contributed by atoms with van der Waals surface area (Å²) in [5.41, 5.74) is 0.880. The van der Waals surface area contributed by atoms with E-state index in [1.54, 1.807) is 0 Å². The number of anilines is 1. The summed E-state index contributed by atoms with van der Waals surface area (Å²) in [7, 11) is 0. The molecule has 0 bridgehead atoms. The highest BCUT2D eigenvalue weighted by molar-refractivity contribution is 5.91. The SMILES string of the molecule is O=C(CC1(O)CCCC1)Nc1nc2ccccc2[nH]1. The third kappa shape index (κ3) is 2.61. The van der Waals surface area contributed by atoms with Gasteiger partial charge in [-0.15, -0.1) is 0 Å². The molecule has 2 aromatic rings. The number of aliphatic hydroxyl groups is 1. The van der Waals surface area contributed by atoms with Gasteiger partial charge >= 0.3 is 0 Å². The van der Waals surface area contributed by atoms with Gasteiger partial charge in [0.05, 0.1) is 23.1 Å². The fraction of sp³-hybridized carbons (Fsp3) is 0.429. The van der Waals surface area contributed by atoms with Crippen LogP contribution in [0.25, 0.3) is 11.0 Å². The van der Waals surface area contributed by atoms with Gasteiger partial charge in [0, 0.05) is 0 Å². The van der Waals surface area contributed by atoms with Gasteiger partial charge in [-0.05, 0) is 25.0 Å². The lowest BCUT2D eigenvalue weighted by atomic mass is 9.98. The van der Waals surface area contributed by atoms with Gasteiger partial charge in [-0.2, -0.15) is 0 Å². The number of nitrogens with one attached hydrogen (secondary N) is 2. The molecule has 0 aliphatic heterocycles. The van der Waals surface area contributed by atoms with E-state index < -0.39 is 5.60 Å². The molecule has 100 valence electrons. The molecule has 1 fully saturated rings. The first-order chi connectivity index (χ1) is 9.15. The molecule has 0 saturated heterocycles. The van der Waals surface area contributed by atoms with E-state index in [1.165, 1.54) is 0 Å². The normalized spacial score (nSPS) is 17.7. The summed E-state index contributed by atoms with van der Waals surface area (Å²) < 4.78 is 0. The Hall–Kier alpha value is -1.88. The number of H-pyrrole nitrogens is 1. The average Bonchev–Trinajstić information content (AvgIpc) is 2.94. The largest absolute Gasteiger partial charge is 0.389 e. The number of imidazole rings is 1. The molecule has 0 spiro atoms. The van der Waals surface area contributed by atoms with Crippen molar-refractivity contribution in [3.05, 3.63) is 24.3 Å². The molecule has 0 radical (unpaired) electrons. The van der Waals surface area contributed by atoms with Crippen LogP contribution in [0.15, 0.2) is 24.3 Å². The Bertz CT molecular complexity index is 567. The zero-order valence-electron chi connectivity index (χ0n) is 10.6. The molecule has 3 rings (SSSR count). The predicted octanol–water partition coefficient (Wildman–Crippen LogP) is 2.20. The van der Waals surface area contributed by atoms with Crippen molar-refractivity contribution < 1.29 is 9.90 Å². The van der Waals surface area contributed by atoms with E-state index in [1.807, 2.05) is 24.3 Å². The highest BCUT2D eigenvalue weighted by Gasteiger charge is 2.33. The molecule has 3 N–H and O–H groups in total. The van der Waals surface area contributed by atoms with E-state index in [4.69, 9.17) is 0 Å². The van der Waals surface area contributed by atoms with Crippen LogP contribution in [0.5, 0.6) is 0 Å². The van der Waals surface area contributed by atoms with Crippen LogP contribution in [0.4, 0.5) is 5.95 Å². The first-order valence-electron chi connectivity index (χ1n) is 6.62. The van der Waals surface area contributed by atoms with Crippen LogP contribution in [0.3, 0.4) is 0 Å². The smallest absolute Gasteiger partial charge is 0.229 e. The molecule has 0 unspecified atom stereocenters. The zero-order valence-corrected chi connectivity index (χ0v) is 10.6. The third-order valence-electron chi connectivity index (χ3n) is 3.67. The minimum atomic E-state index is -0.823. The number of para-hydroxylation sites is 2. The third-order valence-corrected chi connectivity index (χ3v) is 3.67. The lowest BCUT2D eigenvalue weighted by Gasteiger charge is -2.20. The number of aromatic nitrogens is 2. The number of aromatic amines is 1. The van der Waals surface area contributed by atoms with Crippen LogP contribution in [0.1, 0.15) is 32.1 Å². The molecule has 1 aliphatic carbocycles. The second kappa shape index (κ2) is 4.66. The predicted molar refractivity (Wildman–Crippen MR) is 72.8 cm³/mol. The van der Waals surface area contributed by atoms with Gasteiger partial charge in [-0.1, -0.05) is 25.0 Å². The van der Waals surface area contributed by atoms with E-state index in [2.05, 4.69) is 15.3 Å². The molecule has 19 heavy (non-hydrogen) atoms. The lowest BCUT2D eigenvalue weighted by molar-refractivity contribution is -0.120. The van der Waals surface area contributed by atoms with Gasteiger partial charge < -0.3 is 10.1 Å². The molecule has 5 nitrogen and oxygen atoms in total. The summed E-state index contributed by atoms with van der Waals surface area (Å²) in [6.45, 7) is 0. The van der Waals surface area contributed by atoms with Crippen molar-refractivity contribution in [1.82, 2.24) is 9.97 Å². The first-order valence-corrected chi connectivity index (χ1v) is 6.62. The molecule has 1 heterocycles. The molecule has 1 saturated carbocycles. The van der Waals surface area contributed by atoms with Crippen LogP contribution in [-0.2, 0) is 4.79 Å². The summed E-state index contributed by atoms with van der Waals surface area (Å²) in [6, 6.07) is 7.60. The van der Waals surface area contributed by atoms with E-state index in [-0.39, 0.29) is 12.3 Å². The van der Waals surface area contributed by atoms with Crippen LogP contribution < -0.4 is 5.32 Å². The molecule has 1 amide bonds. The average molecular weight is 259 g/mol. The Morgan fingerprint density at radius 3 is 2.84 bits per heavy atom. The number of fused-ring (bicyclic) bond motifs is 1. The van der Waals surface area contributed by atoms with Gasteiger partial charge in [0.25, 0.3) is 0 Å². The van der Waals surface area contributed by atoms with E-state index in [0.29, 0.717) is 18.8 Å². The Balaban J connectivity index is 1.68. The summed E-state index contributed by atoms with van der Waals surface area (Å²) in [5, 5.41) is 12.9. The number of benzene rings is 1. The maximum Gasteiger partial charge on any atom is 0.229 e. The van der Waals surface area contributed by atoms with E-state index in [0.717, 1.165) is 23.9 Å². The van der Waals surface area contributed by atoms with Crippen LogP contribution in [-0.4, -0.2) is 26.6 Å². The summed E-state index contributed by atoms with van der Waals surface area (Å²) in [5.74, 6) is 0.247. The topological polar surface area (TPSA) is 78.0 Å². The highest BCUT2D eigenvalue weighted by Crippen LogP contribution is 2.32. The second-order valence-corrected chi connectivity index (χ2v) is 5.26. The van der Waals surface area contributed by atoms with E-state index in [9.17, 15) is 9.90 Å². The number of rotatable bonds is 3. The molecule has 5 heteroatoms. The van der Waals surface area contributed by atoms with Crippen LogP contribution in [0.2, 0.25) is 0 Å². The maximum atomic E-state index is 11.9. The molecular weight excluding hydrogens is 242 g/mol. The maximum absolute atomic E-state index is 11.9. The van der Waals surface area contributed by atoms with Gasteiger partial charge in [0.2, 0.25) is 11.9 Å². The van der Waals surface area contributed by atoms with Crippen molar-refractivity contribution >= 4 is 22.9 Å². The number of hydrogen-bond acceptors (Lipinski definition) is 3. The molecule has 1 aromatic heterocycles. The Morgan fingerprint density at radius 2 is 2.11 bits per heavy atom. The molecular formula is C14H17N3O2. The Labute approximate surface area is 111 Å². The minimum Gasteiger partial charge on any atom is -0.389 e. The number of carbonyl (C=O) groups excluding carboxylic acids is 1. The summed E-state index contributed by atoms with van der Waals surface area (Å²) in [6.07, 6.45) is 3.55. The van der Waals surface area contributed by atoms with Gasteiger partial charge in [0.1, 0.15) is 0 Å². The first kappa shape index (κ1) is 12.2. The fourth-order valence-electron chi connectivity index (χ4n) is 2.70. The fourth-order valence-corrected chi connectivity index (χ4v) is 2.70. The zero-order chi connectivity index (χ0) is 13.3. The standard InChI is InChI=1S/C14H17N3O2/c18-12(9-14(19)7-3-4-8-14)17-13-15-10-5-1-2-6-11(10)16-13/h1-2,5-6,19H,3-4,7-9H2,(H2,15,16,17,18). The van der Waals surface area contributed by atoms with Crippen molar-refractivity contribution in [2.45, 2.75) is 37.7 Å². The van der Waals surface area contributed by atoms with Crippen molar-refractivity contribution in [1.29, 1.82) is 0 Å². The molecule has 0 atom stereocenters. The van der Waals surface area contributed by atoms with Crippen molar-refractivity contribution in [3.8, 4) is 0 Å². The van der Waals surface area contributed by atoms with E-state index >= 15 is 0 Å². The molecule has 1 aliphatic rings. The van der Waals surface area contributed by atoms with Crippen molar-refractivity contribution in [3.63, 3.8) is 0 Å². The van der Waals surface area contributed by atoms with Gasteiger partial charge in [-0.25, -0.2) is 4.98 Å². The van der Waals surface area contributed by atoms with Gasteiger partial charge in [-0.3, -0.25) is 10.1 Å². The number of nitrogens with zero attached hydrogens (tertiary/aromatic N) is 1. The lowest BCUT2D eigenvalue weighted by Crippen LogP contribution is -2.30. The number of hydrogen-bond donors (Lipinski definition) is 3. The number of amides is 1. The summed E-state index contributed by atoms with van der Waals surface area (Å²) >= 11 is 0. The number of carbonyl (C=O) groups is 1. The van der Waals surface area contributed by atoms with Crippen LogP contribution >= 0.6 is 0 Å². The quantitative estimate of drug-likeness (QED) is 0.790. The second-order valence-electron chi connectivity index (χ2n) is 5.26. The van der Waals surface area contributed by atoms with Gasteiger partial charge in [0.15, 0.2) is 0 Å². The monoisotopic (exact) mass is 259 g/mol. The van der Waals surface area contributed by atoms with Crippen molar-refractivity contribution in [2.24, 2.45) is 0 Å². The Kier molecular flexibility index (Phi) is 2.98. The minimum absolute atomic E-state index is 0.143. The summed E-state index contributed by atoms with van der Waals surface area (Å²) in [4.78, 5) is 19.2. The van der Waals surface area contributed by atoms with Crippen molar-refractivity contribution in [2.75, 3.05) is 5.32 Å². The molecule has 1 aromatic carbocycles.